The number of rotatable bonds is 4. The van der Waals surface area contributed by atoms with E-state index in [1.165, 1.54) is 0 Å². The summed E-state index contributed by atoms with van der Waals surface area (Å²) in [6.45, 7) is 8.69. The van der Waals surface area contributed by atoms with Crippen LogP contribution in [0.4, 0.5) is 0 Å². The number of hydrogen-bond donors (Lipinski definition) is 0. The predicted octanol–water partition coefficient (Wildman–Crippen LogP) is 1.92. The molecular weight excluding hydrogens is 164 g/mol. The topological polar surface area (TPSA) is 9.23 Å². The van der Waals surface area contributed by atoms with Gasteiger partial charge in [-0.25, -0.2) is 0 Å². The summed E-state index contributed by atoms with van der Waals surface area (Å²) < 4.78 is 5.47. The van der Waals surface area contributed by atoms with Crippen molar-refractivity contribution in [3.63, 3.8) is 0 Å². The quantitative estimate of drug-likeness (QED) is 0.475. The molecule has 0 bridgehead atoms. The van der Waals surface area contributed by atoms with Gasteiger partial charge in [0.05, 0.1) is 6.10 Å². The first kappa shape index (κ1) is 10.5. The van der Waals surface area contributed by atoms with Gasteiger partial charge in [0.25, 0.3) is 9.07 Å². The van der Waals surface area contributed by atoms with E-state index in [0.29, 0.717) is 17.9 Å². The molecule has 62 valence electrons. The molecule has 0 rings (SSSR count). The van der Waals surface area contributed by atoms with Crippen molar-refractivity contribution >= 4 is 20.2 Å². The van der Waals surface area contributed by atoms with E-state index in [2.05, 4.69) is 27.7 Å². The maximum Gasteiger partial charge on any atom is 0.258 e. The summed E-state index contributed by atoms with van der Waals surface area (Å²) in [4.78, 5) is 0. The van der Waals surface area contributed by atoms with Crippen molar-refractivity contribution in [1.29, 1.82) is 0 Å². The van der Waals surface area contributed by atoms with Gasteiger partial charge < -0.3 is 4.43 Å². The van der Waals surface area contributed by atoms with Gasteiger partial charge in [-0.3, -0.25) is 0 Å². The first-order chi connectivity index (χ1) is 4.59. The zero-order valence-electron chi connectivity index (χ0n) is 7.23. The summed E-state index contributed by atoms with van der Waals surface area (Å²) in [5.74, 6) is 1.18. The number of halogens is 1. The Morgan fingerprint density at radius 2 is 1.50 bits per heavy atom. The fourth-order valence-corrected chi connectivity index (χ4v) is 2.58. The summed E-state index contributed by atoms with van der Waals surface area (Å²) in [5, 5.41) is 0. The number of hydrogen-bond acceptors (Lipinski definition) is 1. The second-order valence-corrected chi connectivity index (χ2v) is 4.43. The molecule has 0 spiro atoms. The van der Waals surface area contributed by atoms with Crippen LogP contribution in [-0.4, -0.2) is 15.2 Å². The molecule has 0 amide bonds. The zero-order valence-corrected chi connectivity index (χ0v) is 9.40. The lowest BCUT2D eigenvalue weighted by Crippen LogP contribution is -2.26. The van der Waals surface area contributed by atoms with Crippen molar-refractivity contribution < 1.29 is 4.43 Å². The smallest absolute Gasteiger partial charge is 0.258 e. The monoisotopic (exact) mass is 180 g/mol. The summed E-state index contributed by atoms with van der Waals surface area (Å²) in [5.41, 5.74) is 0. The Morgan fingerprint density at radius 3 is 1.60 bits per heavy atom. The highest BCUT2D eigenvalue weighted by Crippen LogP contribution is 2.15. The molecule has 0 unspecified atom stereocenters. The average molecular weight is 181 g/mol. The largest absolute Gasteiger partial charge is 0.405 e. The van der Waals surface area contributed by atoms with Gasteiger partial charge in [0.2, 0.25) is 0 Å². The Bertz CT molecular complexity index is 77.7. The fourth-order valence-electron chi connectivity index (χ4n) is 1.23. The molecule has 0 fully saturated rings. The minimum atomic E-state index is -0.747. The molecule has 0 aromatic carbocycles. The lowest BCUT2D eigenvalue weighted by Gasteiger charge is -2.24. The molecule has 10 heavy (non-hydrogen) atoms. The molecule has 1 nitrogen and oxygen atoms in total. The maximum absolute atomic E-state index is 5.60. The zero-order chi connectivity index (χ0) is 8.15. The van der Waals surface area contributed by atoms with Gasteiger partial charge in [0, 0.05) is 0 Å². The van der Waals surface area contributed by atoms with Gasteiger partial charge in [0.15, 0.2) is 0 Å². The van der Waals surface area contributed by atoms with Gasteiger partial charge in [-0.05, 0) is 11.8 Å². The highest BCUT2D eigenvalue weighted by Gasteiger charge is 2.16. The highest BCUT2D eigenvalue weighted by molar-refractivity contribution is 6.90. The van der Waals surface area contributed by atoms with Crippen LogP contribution in [0, 0.1) is 11.8 Å². The van der Waals surface area contributed by atoms with E-state index >= 15 is 0 Å². The summed E-state index contributed by atoms with van der Waals surface area (Å²) in [7, 11) is -0.747. The van der Waals surface area contributed by atoms with Crippen LogP contribution in [0.1, 0.15) is 27.7 Å². The fraction of sp³-hybridized carbons (Fsp3) is 1.00. The molecule has 3 heteroatoms. The molecule has 0 aromatic rings. The molecule has 0 aliphatic carbocycles. The average Bonchev–Trinajstić information content (AvgIpc) is 1.81. The van der Waals surface area contributed by atoms with Gasteiger partial charge in [0.1, 0.15) is 0 Å². The molecular formula is C7H17ClOSi. The van der Waals surface area contributed by atoms with Gasteiger partial charge in [-0.2, -0.15) is 0 Å². The van der Waals surface area contributed by atoms with Gasteiger partial charge in [-0.1, -0.05) is 27.7 Å². The third-order valence-corrected chi connectivity index (χ3v) is 2.46. The van der Waals surface area contributed by atoms with E-state index in [4.69, 9.17) is 15.5 Å². The second kappa shape index (κ2) is 5.16. The van der Waals surface area contributed by atoms with Crippen LogP contribution in [0.15, 0.2) is 0 Å². The van der Waals surface area contributed by atoms with Crippen LogP contribution in [0.5, 0.6) is 0 Å². The third kappa shape index (κ3) is 3.59. The van der Waals surface area contributed by atoms with Crippen molar-refractivity contribution in [2.75, 3.05) is 0 Å². The first-order valence-electron chi connectivity index (χ1n) is 3.77. The predicted molar refractivity (Wildman–Crippen MR) is 48.9 cm³/mol. The molecule has 0 N–H and O–H groups in total. The van der Waals surface area contributed by atoms with E-state index in [0.717, 1.165) is 0 Å². The van der Waals surface area contributed by atoms with Crippen LogP contribution < -0.4 is 0 Å². The Balaban J connectivity index is 3.73. The van der Waals surface area contributed by atoms with Crippen LogP contribution in [0.2, 0.25) is 0 Å². The molecule has 0 aromatic heterocycles. The maximum atomic E-state index is 5.60. The second-order valence-electron chi connectivity index (χ2n) is 3.23. The highest BCUT2D eigenvalue weighted by atomic mass is 35.6. The van der Waals surface area contributed by atoms with E-state index in [9.17, 15) is 0 Å². The summed E-state index contributed by atoms with van der Waals surface area (Å²) in [6.07, 6.45) is 0.365. The van der Waals surface area contributed by atoms with Crippen molar-refractivity contribution in [1.82, 2.24) is 0 Å². The normalized spacial score (nSPS) is 13.2. The van der Waals surface area contributed by atoms with E-state index < -0.39 is 9.07 Å². The van der Waals surface area contributed by atoms with Crippen molar-refractivity contribution in [2.24, 2.45) is 11.8 Å². The molecule has 0 radical (unpaired) electrons. The van der Waals surface area contributed by atoms with Crippen molar-refractivity contribution in [3.8, 4) is 0 Å². The minimum absolute atomic E-state index is 0.365. The van der Waals surface area contributed by atoms with E-state index in [1.54, 1.807) is 0 Å². The lowest BCUT2D eigenvalue weighted by molar-refractivity contribution is 0.114. The Kier molecular flexibility index (Phi) is 5.40. The van der Waals surface area contributed by atoms with Crippen molar-refractivity contribution in [3.05, 3.63) is 0 Å². The van der Waals surface area contributed by atoms with Crippen LogP contribution in [-0.2, 0) is 4.43 Å². The minimum Gasteiger partial charge on any atom is -0.405 e. The van der Waals surface area contributed by atoms with Gasteiger partial charge >= 0.3 is 0 Å². The standard InChI is InChI=1S/C7H17ClOSi/c1-5(2)7(6(3)4)9-10-8/h5-7H,10H2,1-4H3. The molecule has 0 aliphatic rings. The summed E-state index contributed by atoms with van der Waals surface area (Å²) >= 11 is 5.60. The van der Waals surface area contributed by atoms with Gasteiger partial charge in [-0.15, -0.1) is 11.1 Å². The lowest BCUT2D eigenvalue weighted by atomic mass is 9.97. The van der Waals surface area contributed by atoms with E-state index in [-0.39, 0.29) is 0 Å². The Hall–Kier alpha value is 0.467. The Morgan fingerprint density at radius 1 is 1.10 bits per heavy atom. The third-order valence-electron chi connectivity index (χ3n) is 1.57. The van der Waals surface area contributed by atoms with Crippen molar-refractivity contribution in [2.45, 2.75) is 33.8 Å². The molecule has 0 atom stereocenters. The molecule has 0 aliphatic heterocycles. The molecule has 0 saturated carbocycles. The van der Waals surface area contributed by atoms with Crippen LogP contribution in [0.3, 0.4) is 0 Å². The Labute approximate surface area is 70.7 Å². The van der Waals surface area contributed by atoms with E-state index in [1.807, 2.05) is 0 Å². The molecule has 0 heterocycles. The first-order valence-corrected chi connectivity index (χ1v) is 6.48. The summed E-state index contributed by atoms with van der Waals surface area (Å²) in [6, 6.07) is 0. The molecule has 0 saturated heterocycles. The van der Waals surface area contributed by atoms with Crippen LogP contribution >= 0.6 is 11.1 Å². The van der Waals surface area contributed by atoms with Crippen LogP contribution in [0.25, 0.3) is 0 Å². The SMILES string of the molecule is CC(C)C(O[SiH2]Cl)C(C)C.